The number of hydrogen-bond donors (Lipinski definition) is 1. The molecule has 0 bridgehead atoms. The maximum atomic E-state index is 5.61. The van der Waals surface area contributed by atoms with E-state index in [0.717, 1.165) is 17.1 Å². The molecule has 72 valence electrons. The molecule has 4 heteroatoms. The normalized spacial score (nSPS) is 10.4. The zero-order valence-electron chi connectivity index (χ0n) is 8.23. The van der Waals surface area contributed by atoms with E-state index in [9.17, 15) is 0 Å². The van der Waals surface area contributed by atoms with Crippen LogP contribution in [0.25, 0.3) is 5.69 Å². The summed E-state index contributed by atoms with van der Waals surface area (Å²) in [4.78, 5) is 8.17. The zero-order chi connectivity index (χ0) is 10.1. The van der Waals surface area contributed by atoms with Gasteiger partial charge in [-0.15, -0.1) is 0 Å². The minimum atomic E-state index is 0.522. The quantitative estimate of drug-likeness (QED) is 0.737. The van der Waals surface area contributed by atoms with Crippen LogP contribution in [-0.4, -0.2) is 14.5 Å². The van der Waals surface area contributed by atoms with E-state index in [1.54, 1.807) is 12.5 Å². The topological polar surface area (TPSA) is 56.7 Å². The molecular formula is C10H12N4. The molecular weight excluding hydrogens is 176 g/mol. The van der Waals surface area contributed by atoms with Gasteiger partial charge in [-0.2, -0.15) is 0 Å². The lowest BCUT2D eigenvalue weighted by Gasteiger charge is -2.05. The molecule has 0 aliphatic rings. The highest BCUT2D eigenvalue weighted by Crippen LogP contribution is 2.14. The second-order valence-electron chi connectivity index (χ2n) is 3.22. The van der Waals surface area contributed by atoms with Gasteiger partial charge in [0.15, 0.2) is 0 Å². The number of anilines is 1. The van der Waals surface area contributed by atoms with Crippen molar-refractivity contribution < 1.29 is 0 Å². The average molecular weight is 188 g/mol. The van der Waals surface area contributed by atoms with Crippen LogP contribution in [0.4, 0.5) is 5.82 Å². The number of aryl methyl sites for hydroxylation is 1. The highest BCUT2D eigenvalue weighted by Gasteiger charge is 2.03. The molecule has 0 aliphatic carbocycles. The molecule has 0 radical (unpaired) electrons. The third kappa shape index (κ3) is 1.35. The Balaban J connectivity index is 2.55. The van der Waals surface area contributed by atoms with Crippen molar-refractivity contribution in [3.05, 3.63) is 36.0 Å². The van der Waals surface area contributed by atoms with Gasteiger partial charge in [0.05, 0.1) is 17.7 Å². The fraction of sp³-hybridized carbons (Fsp3) is 0.200. The Morgan fingerprint density at radius 1 is 1.29 bits per heavy atom. The van der Waals surface area contributed by atoms with Crippen LogP contribution in [0.5, 0.6) is 0 Å². The summed E-state index contributed by atoms with van der Waals surface area (Å²) < 4.78 is 1.99. The van der Waals surface area contributed by atoms with Gasteiger partial charge in [0, 0.05) is 18.0 Å². The smallest absolute Gasteiger partial charge is 0.125 e. The number of imidazole rings is 1. The molecule has 0 saturated heterocycles. The fourth-order valence-corrected chi connectivity index (χ4v) is 1.35. The second-order valence-corrected chi connectivity index (χ2v) is 3.22. The summed E-state index contributed by atoms with van der Waals surface area (Å²) in [7, 11) is 0. The number of nitrogens with two attached hydrogens (primary N) is 1. The first-order valence-electron chi connectivity index (χ1n) is 4.41. The van der Waals surface area contributed by atoms with E-state index in [-0.39, 0.29) is 0 Å². The molecule has 0 spiro atoms. The predicted octanol–water partition coefficient (Wildman–Crippen LogP) is 1.47. The molecule has 2 heterocycles. The Kier molecular flexibility index (Phi) is 1.96. The molecule has 2 aromatic rings. The van der Waals surface area contributed by atoms with E-state index < -0.39 is 0 Å². The van der Waals surface area contributed by atoms with Gasteiger partial charge in [0.25, 0.3) is 0 Å². The summed E-state index contributed by atoms with van der Waals surface area (Å²) in [6.07, 6.45) is 3.49. The van der Waals surface area contributed by atoms with Crippen molar-refractivity contribution in [2.24, 2.45) is 0 Å². The largest absolute Gasteiger partial charge is 0.384 e. The van der Waals surface area contributed by atoms with E-state index >= 15 is 0 Å². The first kappa shape index (κ1) is 8.74. The van der Waals surface area contributed by atoms with E-state index in [0.29, 0.717) is 5.82 Å². The summed E-state index contributed by atoms with van der Waals surface area (Å²) in [6, 6.07) is 3.73. The minimum Gasteiger partial charge on any atom is -0.384 e. The van der Waals surface area contributed by atoms with Gasteiger partial charge in [0.1, 0.15) is 5.82 Å². The number of hydrogen-bond acceptors (Lipinski definition) is 3. The lowest BCUT2D eigenvalue weighted by atomic mass is 10.3. The van der Waals surface area contributed by atoms with Crippen LogP contribution in [0.1, 0.15) is 11.4 Å². The van der Waals surface area contributed by atoms with Crippen LogP contribution in [0.15, 0.2) is 24.7 Å². The molecule has 2 rings (SSSR count). The number of nitrogen functional groups attached to an aromatic ring is 1. The number of aromatic nitrogens is 3. The molecule has 2 aromatic heterocycles. The van der Waals surface area contributed by atoms with Gasteiger partial charge >= 0.3 is 0 Å². The lowest BCUT2D eigenvalue weighted by molar-refractivity contribution is 0.996. The van der Waals surface area contributed by atoms with Crippen LogP contribution in [0.2, 0.25) is 0 Å². The Labute approximate surface area is 82.4 Å². The van der Waals surface area contributed by atoms with Crippen molar-refractivity contribution in [3.63, 3.8) is 0 Å². The van der Waals surface area contributed by atoms with Gasteiger partial charge in [-0.05, 0) is 19.9 Å². The molecule has 0 aliphatic heterocycles. The molecule has 0 atom stereocenters. The first-order chi connectivity index (χ1) is 6.68. The zero-order valence-corrected chi connectivity index (χ0v) is 8.23. The second kappa shape index (κ2) is 3.14. The van der Waals surface area contributed by atoms with E-state index in [2.05, 4.69) is 9.97 Å². The SMILES string of the molecule is Cc1ncn(-c2ccnc(N)c2)c1C. The molecule has 14 heavy (non-hydrogen) atoms. The molecule has 0 unspecified atom stereocenters. The fourth-order valence-electron chi connectivity index (χ4n) is 1.35. The molecule has 4 nitrogen and oxygen atoms in total. The van der Waals surface area contributed by atoms with E-state index in [1.807, 2.05) is 30.5 Å². The third-order valence-electron chi connectivity index (χ3n) is 2.29. The molecule has 0 amide bonds. The molecule has 0 aromatic carbocycles. The van der Waals surface area contributed by atoms with Crippen molar-refractivity contribution >= 4 is 5.82 Å². The van der Waals surface area contributed by atoms with Crippen molar-refractivity contribution in [3.8, 4) is 5.69 Å². The van der Waals surface area contributed by atoms with Crippen molar-refractivity contribution in [2.45, 2.75) is 13.8 Å². The van der Waals surface area contributed by atoms with Crippen LogP contribution in [-0.2, 0) is 0 Å². The molecule has 0 saturated carbocycles. The van der Waals surface area contributed by atoms with Gasteiger partial charge in [0.2, 0.25) is 0 Å². The maximum absolute atomic E-state index is 5.61. The van der Waals surface area contributed by atoms with Crippen LogP contribution < -0.4 is 5.73 Å². The monoisotopic (exact) mass is 188 g/mol. The van der Waals surface area contributed by atoms with Gasteiger partial charge < -0.3 is 10.3 Å². The Hall–Kier alpha value is -1.84. The highest BCUT2D eigenvalue weighted by molar-refractivity contribution is 5.42. The maximum Gasteiger partial charge on any atom is 0.125 e. The van der Waals surface area contributed by atoms with Crippen LogP contribution >= 0.6 is 0 Å². The highest BCUT2D eigenvalue weighted by atomic mass is 15.1. The summed E-state index contributed by atoms with van der Waals surface area (Å²) in [5.41, 5.74) is 8.75. The molecule has 0 fully saturated rings. The predicted molar refractivity (Wildman–Crippen MR) is 55.2 cm³/mol. The number of nitrogens with zero attached hydrogens (tertiary/aromatic N) is 3. The van der Waals surface area contributed by atoms with Crippen molar-refractivity contribution in [1.29, 1.82) is 0 Å². The first-order valence-corrected chi connectivity index (χ1v) is 4.41. The summed E-state index contributed by atoms with van der Waals surface area (Å²) in [6.45, 7) is 4.01. The van der Waals surface area contributed by atoms with Crippen molar-refractivity contribution in [2.75, 3.05) is 5.73 Å². The summed E-state index contributed by atoms with van der Waals surface area (Å²) in [5, 5.41) is 0. The van der Waals surface area contributed by atoms with E-state index in [4.69, 9.17) is 5.73 Å². The van der Waals surface area contributed by atoms with Gasteiger partial charge in [-0.3, -0.25) is 0 Å². The standard InChI is InChI=1S/C10H12N4/c1-7-8(2)14(6-13-7)9-3-4-12-10(11)5-9/h3-6H,1-2H3,(H2,11,12). The number of pyridine rings is 1. The van der Waals surface area contributed by atoms with E-state index in [1.165, 1.54) is 0 Å². The number of rotatable bonds is 1. The van der Waals surface area contributed by atoms with Crippen molar-refractivity contribution in [1.82, 2.24) is 14.5 Å². The summed E-state index contributed by atoms with van der Waals surface area (Å²) >= 11 is 0. The Bertz CT molecular complexity index is 459. The van der Waals surface area contributed by atoms with Crippen LogP contribution in [0, 0.1) is 13.8 Å². The lowest BCUT2D eigenvalue weighted by Crippen LogP contribution is -1.98. The third-order valence-corrected chi connectivity index (χ3v) is 2.29. The van der Waals surface area contributed by atoms with Crippen LogP contribution in [0.3, 0.4) is 0 Å². The summed E-state index contributed by atoms with van der Waals surface area (Å²) in [5.74, 6) is 0.522. The van der Waals surface area contributed by atoms with Gasteiger partial charge in [-0.25, -0.2) is 9.97 Å². The molecule has 2 N–H and O–H groups in total. The van der Waals surface area contributed by atoms with Gasteiger partial charge in [-0.1, -0.05) is 0 Å². The Morgan fingerprint density at radius 3 is 2.64 bits per heavy atom. The Morgan fingerprint density at radius 2 is 2.07 bits per heavy atom. The minimum absolute atomic E-state index is 0.522. The average Bonchev–Trinajstić information content (AvgIpc) is 2.48.